The molecule has 0 amide bonds. The maximum absolute atomic E-state index is 5.93. The van der Waals surface area contributed by atoms with Crippen molar-refractivity contribution < 1.29 is 0 Å². The van der Waals surface area contributed by atoms with E-state index in [4.69, 9.17) is 5.73 Å². The van der Waals surface area contributed by atoms with Crippen LogP contribution in [0.3, 0.4) is 0 Å². The molecule has 0 aliphatic heterocycles. The summed E-state index contributed by atoms with van der Waals surface area (Å²) in [5.41, 5.74) is 9.24. The number of nitrogen functional groups attached to an aromatic ring is 1. The van der Waals surface area contributed by atoms with E-state index in [-0.39, 0.29) is 0 Å². The molecule has 2 nitrogen and oxygen atoms in total. The quantitative estimate of drug-likeness (QED) is 0.761. The van der Waals surface area contributed by atoms with Gasteiger partial charge in [-0.1, -0.05) is 6.07 Å². The van der Waals surface area contributed by atoms with Crippen LogP contribution in [0.2, 0.25) is 0 Å². The molecule has 1 aromatic rings. The van der Waals surface area contributed by atoms with Crippen molar-refractivity contribution in [2.75, 3.05) is 17.6 Å². The van der Waals surface area contributed by atoms with Gasteiger partial charge in [-0.15, -0.1) is 0 Å². The summed E-state index contributed by atoms with van der Waals surface area (Å²) in [6.45, 7) is 3.24. The molecule has 2 aliphatic rings. The van der Waals surface area contributed by atoms with Gasteiger partial charge >= 0.3 is 0 Å². The Labute approximate surface area is 104 Å². The van der Waals surface area contributed by atoms with E-state index in [2.05, 4.69) is 18.3 Å². The molecule has 0 atom stereocenters. The topological polar surface area (TPSA) is 38.0 Å². The number of anilines is 2. The number of nitrogens with one attached hydrogen (secondary N) is 1. The fourth-order valence-corrected chi connectivity index (χ4v) is 2.84. The molecule has 0 bridgehead atoms. The van der Waals surface area contributed by atoms with E-state index >= 15 is 0 Å². The Balaban J connectivity index is 1.64. The number of benzene rings is 1. The van der Waals surface area contributed by atoms with Crippen LogP contribution >= 0.6 is 0 Å². The van der Waals surface area contributed by atoms with Gasteiger partial charge in [0.25, 0.3) is 0 Å². The van der Waals surface area contributed by atoms with Crippen molar-refractivity contribution in [1.29, 1.82) is 0 Å². The zero-order valence-corrected chi connectivity index (χ0v) is 10.6. The van der Waals surface area contributed by atoms with Gasteiger partial charge < -0.3 is 11.1 Å². The highest BCUT2D eigenvalue weighted by molar-refractivity contribution is 5.62. The van der Waals surface area contributed by atoms with Crippen molar-refractivity contribution in [2.45, 2.75) is 32.6 Å². The largest absolute Gasteiger partial charge is 0.398 e. The van der Waals surface area contributed by atoms with E-state index in [0.717, 1.165) is 30.0 Å². The smallest absolute Gasteiger partial charge is 0.0390 e. The van der Waals surface area contributed by atoms with Gasteiger partial charge in [0, 0.05) is 17.9 Å². The molecule has 2 heteroatoms. The minimum atomic E-state index is 0.893. The van der Waals surface area contributed by atoms with Crippen LogP contribution in [0, 0.1) is 24.7 Å². The van der Waals surface area contributed by atoms with E-state index < -0.39 is 0 Å². The number of rotatable bonds is 5. The highest BCUT2D eigenvalue weighted by Gasteiger charge is 2.40. The van der Waals surface area contributed by atoms with Crippen LogP contribution in [0.5, 0.6) is 0 Å². The Morgan fingerprint density at radius 1 is 1.24 bits per heavy atom. The van der Waals surface area contributed by atoms with Crippen LogP contribution in [0.1, 0.15) is 31.2 Å². The van der Waals surface area contributed by atoms with Gasteiger partial charge in [0.05, 0.1) is 0 Å². The van der Waals surface area contributed by atoms with E-state index in [1.807, 2.05) is 12.1 Å². The molecule has 3 rings (SSSR count). The fraction of sp³-hybridized carbons (Fsp3) is 0.600. The van der Waals surface area contributed by atoms with Crippen LogP contribution in [0.25, 0.3) is 0 Å². The molecule has 1 aromatic carbocycles. The Morgan fingerprint density at radius 2 is 1.88 bits per heavy atom. The summed E-state index contributed by atoms with van der Waals surface area (Å²) >= 11 is 0. The van der Waals surface area contributed by atoms with Crippen molar-refractivity contribution in [3.63, 3.8) is 0 Å². The Kier molecular flexibility index (Phi) is 2.73. The minimum absolute atomic E-state index is 0.893. The first kappa shape index (κ1) is 10.9. The molecule has 0 unspecified atom stereocenters. The number of hydrogen-bond donors (Lipinski definition) is 2. The monoisotopic (exact) mass is 230 g/mol. The Morgan fingerprint density at radius 3 is 2.47 bits per heavy atom. The lowest BCUT2D eigenvalue weighted by molar-refractivity contribution is 0.428. The Bertz CT molecular complexity index is 393. The molecule has 0 aromatic heterocycles. The summed E-state index contributed by atoms with van der Waals surface area (Å²) in [5.74, 6) is 2.93. The third kappa shape index (κ3) is 2.41. The molecule has 0 radical (unpaired) electrons. The first-order valence-electron chi connectivity index (χ1n) is 6.84. The first-order chi connectivity index (χ1) is 8.25. The second-order valence-electron chi connectivity index (χ2n) is 5.74. The van der Waals surface area contributed by atoms with Crippen LogP contribution in [-0.2, 0) is 0 Å². The van der Waals surface area contributed by atoms with E-state index in [9.17, 15) is 0 Å². The first-order valence-corrected chi connectivity index (χ1v) is 6.84. The molecule has 3 N–H and O–H groups in total. The fourth-order valence-electron chi connectivity index (χ4n) is 2.84. The third-order valence-electron chi connectivity index (χ3n) is 4.36. The second-order valence-corrected chi connectivity index (χ2v) is 5.74. The van der Waals surface area contributed by atoms with Gasteiger partial charge in [-0.3, -0.25) is 0 Å². The maximum atomic E-state index is 5.93. The SMILES string of the molecule is Cc1c(N)cccc1NCC(C1CC1)C1CC1. The Hall–Kier alpha value is -1.18. The second kappa shape index (κ2) is 4.25. The molecule has 0 heterocycles. The lowest BCUT2D eigenvalue weighted by atomic mass is 9.97. The van der Waals surface area contributed by atoms with Crippen molar-refractivity contribution in [3.05, 3.63) is 23.8 Å². The summed E-state index contributed by atoms with van der Waals surface area (Å²) in [4.78, 5) is 0. The van der Waals surface area contributed by atoms with Crippen molar-refractivity contribution in [2.24, 2.45) is 17.8 Å². The lowest BCUT2D eigenvalue weighted by Gasteiger charge is -2.18. The van der Waals surface area contributed by atoms with Crippen molar-refractivity contribution >= 4 is 11.4 Å². The predicted molar refractivity (Wildman–Crippen MR) is 73.0 cm³/mol. The standard InChI is InChI=1S/C15H22N2/c1-10-14(16)3-2-4-15(10)17-9-13(11-5-6-11)12-7-8-12/h2-4,11-13,17H,5-9,16H2,1H3. The van der Waals surface area contributed by atoms with E-state index in [1.165, 1.54) is 36.9 Å². The average Bonchev–Trinajstić information content (AvgIpc) is 3.14. The molecule has 2 saturated carbocycles. The summed E-state index contributed by atoms with van der Waals surface area (Å²) < 4.78 is 0. The zero-order valence-electron chi connectivity index (χ0n) is 10.6. The predicted octanol–water partition coefficient (Wildman–Crippen LogP) is 3.43. The molecular weight excluding hydrogens is 208 g/mol. The number of hydrogen-bond acceptors (Lipinski definition) is 2. The number of nitrogens with two attached hydrogens (primary N) is 1. The lowest BCUT2D eigenvalue weighted by Crippen LogP contribution is -2.18. The minimum Gasteiger partial charge on any atom is -0.398 e. The van der Waals surface area contributed by atoms with Gasteiger partial charge in [0.2, 0.25) is 0 Å². The summed E-state index contributed by atoms with van der Waals surface area (Å²) in [6, 6.07) is 6.15. The molecule has 17 heavy (non-hydrogen) atoms. The van der Waals surface area contributed by atoms with Gasteiger partial charge in [0.1, 0.15) is 0 Å². The summed E-state index contributed by atoms with van der Waals surface area (Å²) in [5, 5.41) is 3.62. The normalized spacial score (nSPS) is 19.6. The van der Waals surface area contributed by atoms with Crippen LogP contribution < -0.4 is 11.1 Å². The molecular formula is C15H22N2. The van der Waals surface area contributed by atoms with Crippen molar-refractivity contribution in [1.82, 2.24) is 0 Å². The highest BCUT2D eigenvalue weighted by Crippen LogP contribution is 2.49. The molecule has 2 aliphatic carbocycles. The van der Waals surface area contributed by atoms with E-state index in [1.54, 1.807) is 0 Å². The van der Waals surface area contributed by atoms with Gasteiger partial charge in [-0.2, -0.15) is 0 Å². The summed E-state index contributed by atoms with van der Waals surface area (Å²) in [7, 11) is 0. The van der Waals surface area contributed by atoms with Gasteiger partial charge in [0.15, 0.2) is 0 Å². The van der Waals surface area contributed by atoms with Crippen molar-refractivity contribution in [3.8, 4) is 0 Å². The molecule has 0 spiro atoms. The van der Waals surface area contributed by atoms with E-state index in [0.29, 0.717) is 0 Å². The van der Waals surface area contributed by atoms with Crippen LogP contribution in [0.4, 0.5) is 11.4 Å². The van der Waals surface area contributed by atoms with Crippen LogP contribution in [0.15, 0.2) is 18.2 Å². The van der Waals surface area contributed by atoms with Crippen LogP contribution in [-0.4, -0.2) is 6.54 Å². The average molecular weight is 230 g/mol. The molecule has 92 valence electrons. The third-order valence-corrected chi connectivity index (χ3v) is 4.36. The van der Waals surface area contributed by atoms with Gasteiger partial charge in [-0.05, 0) is 68.1 Å². The van der Waals surface area contributed by atoms with Gasteiger partial charge in [-0.25, -0.2) is 0 Å². The maximum Gasteiger partial charge on any atom is 0.0390 e. The summed E-state index contributed by atoms with van der Waals surface area (Å²) in [6.07, 6.45) is 5.83. The zero-order chi connectivity index (χ0) is 11.8. The highest BCUT2D eigenvalue weighted by atomic mass is 14.9. The molecule has 0 saturated heterocycles. The molecule has 2 fully saturated rings.